The molecule has 0 saturated carbocycles. The molecule has 134 valence electrons. The van der Waals surface area contributed by atoms with E-state index in [0.29, 0.717) is 18.0 Å². The molecule has 5 nitrogen and oxygen atoms in total. The molecule has 0 amide bonds. The quantitative estimate of drug-likeness (QED) is 0.664. The highest BCUT2D eigenvalue weighted by Crippen LogP contribution is 2.19. The Balaban J connectivity index is 1.63. The normalized spacial score (nSPS) is 21.9. The van der Waals surface area contributed by atoms with Crippen LogP contribution < -0.4 is 10.6 Å². The van der Waals surface area contributed by atoms with E-state index in [1.807, 2.05) is 25.4 Å². The second-order valence-electron chi connectivity index (χ2n) is 7.19. The van der Waals surface area contributed by atoms with Crippen LogP contribution in [0.15, 0.2) is 41.5 Å². The van der Waals surface area contributed by atoms with Gasteiger partial charge in [0.05, 0.1) is 5.52 Å². The van der Waals surface area contributed by atoms with Crippen molar-refractivity contribution < 1.29 is 0 Å². The number of guanidine groups is 1. The molecular weight excluding hydrogens is 310 g/mol. The van der Waals surface area contributed by atoms with Crippen molar-refractivity contribution in [3.63, 3.8) is 0 Å². The number of benzene rings is 1. The van der Waals surface area contributed by atoms with Crippen molar-refractivity contribution in [3.8, 4) is 0 Å². The number of para-hydroxylation sites is 1. The van der Waals surface area contributed by atoms with Crippen LogP contribution in [0.4, 0.5) is 0 Å². The maximum atomic E-state index is 4.43. The Morgan fingerprint density at radius 2 is 2.08 bits per heavy atom. The lowest BCUT2D eigenvalue weighted by Crippen LogP contribution is -2.46. The summed E-state index contributed by atoms with van der Waals surface area (Å²) in [5.74, 6) is 1.48. The number of hydrogen-bond acceptors (Lipinski definition) is 3. The molecule has 2 aromatic rings. The highest BCUT2D eigenvalue weighted by atomic mass is 15.3. The van der Waals surface area contributed by atoms with Crippen LogP contribution in [0.1, 0.15) is 26.3 Å². The van der Waals surface area contributed by atoms with E-state index in [9.17, 15) is 0 Å². The molecule has 1 saturated heterocycles. The molecule has 0 bridgehead atoms. The maximum absolute atomic E-state index is 4.43. The molecule has 1 aliphatic heterocycles. The molecule has 2 atom stereocenters. The van der Waals surface area contributed by atoms with Crippen LogP contribution in [0.25, 0.3) is 10.9 Å². The van der Waals surface area contributed by atoms with E-state index in [4.69, 9.17) is 0 Å². The van der Waals surface area contributed by atoms with Gasteiger partial charge in [0, 0.05) is 50.3 Å². The molecule has 2 N–H and O–H groups in total. The van der Waals surface area contributed by atoms with Gasteiger partial charge in [-0.25, -0.2) is 0 Å². The van der Waals surface area contributed by atoms with E-state index in [-0.39, 0.29) is 0 Å². The Morgan fingerprint density at radius 3 is 2.80 bits per heavy atom. The Morgan fingerprint density at radius 1 is 1.28 bits per heavy atom. The number of pyridine rings is 1. The van der Waals surface area contributed by atoms with E-state index in [1.165, 1.54) is 10.9 Å². The summed E-state index contributed by atoms with van der Waals surface area (Å²) in [7, 11) is 1.83. The molecule has 2 heterocycles. The van der Waals surface area contributed by atoms with E-state index < -0.39 is 0 Å². The van der Waals surface area contributed by atoms with Gasteiger partial charge in [0.2, 0.25) is 0 Å². The van der Waals surface area contributed by atoms with Gasteiger partial charge in [0.25, 0.3) is 0 Å². The number of aromatic nitrogens is 1. The number of fused-ring (bicyclic) bond motifs is 1. The topological polar surface area (TPSA) is 52.6 Å². The minimum absolute atomic E-state index is 0.433. The summed E-state index contributed by atoms with van der Waals surface area (Å²) < 4.78 is 0. The first-order chi connectivity index (χ1) is 12.1. The summed E-state index contributed by atoms with van der Waals surface area (Å²) in [6, 6.07) is 11.3. The largest absolute Gasteiger partial charge is 0.352 e. The van der Waals surface area contributed by atoms with E-state index in [2.05, 4.69) is 64.5 Å². The lowest BCUT2D eigenvalue weighted by molar-refractivity contribution is 0.265. The lowest BCUT2D eigenvalue weighted by atomic mass is 10.1. The average Bonchev–Trinajstić information content (AvgIpc) is 2.99. The lowest BCUT2D eigenvalue weighted by Gasteiger charge is -2.22. The number of nitrogens with zero attached hydrogens (tertiary/aromatic N) is 3. The van der Waals surface area contributed by atoms with Gasteiger partial charge in [0.1, 0.15) is 0 Å². The van der Waals surface area contributed by atoms with Crippen LogP contribution in [0.3, 0.4) is 0 Å². The monoisotopic (exact) mass is 339 g/mol. The molecule has 25 heavy (non-hydrogen) atoms. The predicted octanol–water partition coefficient (Wildman–Crippen LogP) is 2.63. The Hall–Kier alpha value is -2.14. The highest BCUT2D eigenvalue weighted by Gasteiger charge is 2.31. The van der Waals surface area contributed by atoms with Crippen molar-refractivity contribution in [1.82, 2.24) is 20.5 Å². The first-order valence-electron chi connectivity index (χ1n) is 9.12. The minimum Gasteiger partial charge on any atom is -0.352 e. The molecule has 3 rings (SSSR count). The summed E-state index contributed by atoms with van der Waals surface area (Å²) in [6.07, 6.45) is 1.87. The van der Waals surface area contributed by atoms with Crippen LogP contribution in [0, 0.1) is 5.92 Å². The van der Waals surface area contributed by atoms with Crippen molar-refractivity contribution in [2.75, 3.05) is 20.1 Å². The van der Waals surface area contributed by atoms with Gasteiger partial charge in [-0.3, -0.25) is 14.9 Å². The molecule has 1 aromatic heterocycles. The van der Waals surface area contributed by atoms with Crippen LogP contribution in [-0.4, -0.2) is 48.1 Å². The molecule has 1 aliphatic rings. The van der Waals surface area contributed by atoms with Gasteiger partial charge < -0.3 is 10.6 Å². The van der Waals surface area contributed by atoms with Crippen molar-refractivity contribution >= 4 is 16.9 Å². The molecule has 0 aliphatic carbocycles. The van der Waals surface area contributed by atoms with Gasteiger partial charge >= 0.3 is 0 Å². The van der Waals surface area contributed by atoms with Crippen molar-refractivity contribution in [3.05, 3.63) is 42.1 Å². The zero-order chi connectivity index (χ0) is 17.8. The fourth-order valence-electron chi connectivity index (χ4n) is 3.47. The number of hydrogen-bond donors (Lipinski definition) is 2. The van der Waals surface area contributed by atoms with Gasteiger partial charge in [0.15, 0.2) is 5.96 Å². The Labute approximate surface area is 150 Å². The number of aliphatic imine (C=N–C) groups is 1. The van der Waals surface area contributed by atoms with E-state index in [0.717, 1.165) is 31.1 Å². The molecule has 5 heteroatoms. The summed E-state index contributed by atoms with van der Waals surface area (Å²) in [4.78, 5) is 11.4. The summed E-state index contributed by atoms with van der Waals surface area (Å²) in [5, 5.41) is 8.25. The first kappa shape index (κ1) is 17.7. The number of likely N-dealkylation sites (tertiary alicyclic amines) is 1. The van der Waals surface area contributed by atoms with Crippen molar-refractivity contribution in [2.24, 2.45) is 10.9 Å². The average molecular weight is 339 g/mol. The SMILES string of the molecule is CN=C(NCc1ccnc2ccccc12)NC1CN(C(C)C)CC1C. The predicted molar refractivity (Wildman–Crippen MR) is 105 cm³/mol. The second kappa shape index (κ2) is 7.83. The molecule has 0 spiro atoms. The van der Waals surface area contributed by atoms with Crippen molar-refractivity contribution in [1.29, 1.82) is 0 Å². The summed E-state index contributed by atoms with van der Waals surface area (Å²) in [6.45, 7) is 9.77. The fraction of sp³-hybridized carbons (Fsp3) is 0.500. The van der Waals surface area contributed by atoms with Crippen LogP contribution in [0.2, 0.25) is 0 Å². The second-order valence-corrected chi connectivity index (χ2v) is 7.19. The molecule has 1 aromatic carbocycles. The van der Waals surface area contributed by atoms with Gasteiger partial charge in [-0.1, -0.05) is 25.1 Å². The standard InChI is InChI=1S/C20H29N5/c1-14(2)25-12-15(3)19(13-25)24-20(21-4)23-11-16-9-10-22-18-8-6-5-7-17(16)18/h5-10,14-15,19H,11-13H2,1-4H3,(H2,21,23,24). The molecule has 1 fully saturated rings. The maximum Gasteiger partial charge on any atom is 0.191 e. The third-order valence-corrected chi connectivity index (χ3v) is 5.10. The first-order valence-corrected chi connectivity index (χ1v) is 9.12. The Kier molecular flexibility index (Phi) is 5.53. The zero-order valence-corrected chi connectivity index (χ0v) is 15.7. The molecule has 0 radical (unpaired) electrons. The number of rotatable bonds is 4. The van der Waals surface area contributed by atoms with Gasteiger partial charge in [-0.15, -0.1) is 0 Å². The third kappa shape index (κ3) is 4.10. The fourth-order valence-corrected chi connectivity index (χ4v) is 3.47. The van der Waals surface area contributed by atoms with E-state index >= 15 is 0 Å². The van der Waals surface area contributed by atoms with Gasteiger partial charge in [-0.05, 0) is 37.5 Å². The smallest absolute Gasteiger partial charge is 0.191 e. The minimum atomic E-state index is 0.433. The van der Waals surface area contributed by atoms with Crippen LogP contribution in [0.5, 0.6) is 0 Å². The number of nitrogens with one attached hydrogen (secondary N) is 2. The van der Waals surface area contributed by atoms with Crippen LogP contribution >= 0.6 is 0 Å². The highest BCUT2D eigenvalue weighted by molar-refractivity contribution is 5.83. The third-order valence-electron chi connectivity index (χ3n) is 5.10. The van der Waals surface area contributed by atoms with Crippen molar-refractivity contribution in [2.45, 2.75) is 39.4 Å². The van der Waals surface area contributed by atoms with E-state index in [1.54, 1.807) is 0 Å². The van der Waals surface area contributed by atoms with Crippen LogP contribution in [-0.2, 0) is 6.54 Å². The zero-order valence-electron chi connectivity index (χ0n) is 15.7. The molecular formula is C20H29N5. The summed E-state index contributed by atoms with van der Waals surface area (Å²) in [5.41, 5.74) is 2.26. The van der Waals surface area contributed by atoms with Gasteiger partial charge in [-0.2, -0.15) is 0 Å². The Bertz CT molecular complexity index is 734. The molecule has 2 unspecified atom stereocenters. The summed E-state index contributed by atoms with van der Waals surface area (Å²) >= 11 is 0.